The summed E-state index contributed by atoms with van der Waals surface area (Å²) in [5.41, 5.74) is 1.42. The SMILES string of the molecule is COCCN(C)c1nc(N[C@H]2CC[C@H](C)CC2)ncc1-c1ccc(OC(F)(F)F)cc1. The van der Waals surface area contributed by atoms with Crippen LogP contribution in [0.15, 0.2) is 30.5 Å². The van der Waals surface area contributed by atoms with Gasteiger partial charge in [-0.1, -0.05) is 19.1 Å². The Morgan fingerprint density at radius 1 is 1.13 bits per heavy atom. The number of hydrogen-bond acceptors (Lipinski definition) is 6. The highest BCUT2D eigenvalue weighted by Gasteiger charge is 2.31. The Hall–Kier alpha value is -2.55. The summed E-state index contributed by atoms with van der Waals surface area (Å²) in [6, 6.07) is 6.07. The van der Waals surface area contributed by atoms with Crippen LogP contribution in [-0.4, -0.2) is 49.7 Å². The van der Waals surface area contributed by atoms with Crippen LogP contribution in [0, 0.1) is 5.92 Å². The quantitative estimate of drug-likeness (QED) is 0.618. The van der Waals surface area contributed by atoms with E-state index in [1.807, 2.05) is 11.9 Å². The molecule has 9 heteroatoms. The second kappa shape index (κ2) is 10.2. The van der Waals surface area contributed by atoms with Crippen molar-refractivity contribution in [1.29, 1.82) is 0 Å². The zero-order valence-corrected chi connectivity index (χ0v) is 18.1. The lowest BCUT2D eigenvalue weighted by Crippen LogP contribution is -2.28. The third-order valence-electron chi connectivity index (χ3n) is 5.51. The Morgan fingerprint density at radius 2 is 1.81 bits per heavy atom. The van der Waals surface area contributed by atoms with E-state index >= 15 is 0 Å². The zero-order chi connectivity index (χ0) is 22.4. The lowest BCUT2D eigenvalue weighted by atomic mass is 9.87. The van der Waals surface area contributed by atoms with Crippen molar-refractivity contribution in [1.82, 2.24) is 9.97 Å². The summed E-state index contributed by atoms with van der Waals surface area (Å²) in [5.74, 6) is 1.72. The molecule has 3 rings (SSSR count). The first-order valence-electron chi connectivity index (χ1n) is 10.4. The van der Waals surface area contributed by atoms with Gasteiger partial charge in [0.1, 0.15) is 11.6 Å². The Balaban J connectivity index is 1.84. The maximum absolute atomic E-state index is 12.4. The predicted molar refractivity (Wildman–Crippen MR) is 114 cm³/mol. The third-order valence-corrected chi connectivity index (χ3v) is 5.51. The van der Waals surface area contributed by atoms with Gasteiger partial charge in [0.05, 0.1) is 6.61 Å². The summed E-state index contributed by atoms with van der Waals surface area (Å²) in [6.45, 7) is 3.40. The van der Waals surface area contributed by atoms with Crippen LogP contribution in [0.3, 0.4) is 0 Å². The first kappa shape index (κ1) is 23.1. The molecular formula is C22H29F3N4O2. The van der Waals surface area contributed by atoms with E-state index in [1.54, 1.807) is 25.4 Å². The standard InChI is InChI=1S/C22H29F3N4O2/c1-15-4-8-17(9-5-15)27-21-26-14-19(20(28-21)29(2)12-13-30-3)16-6-10-18(11-7-16)31-22(23,24)25/h6-7,10-11,14-15,17H,4-5,8-9,12-13H2,1-3H3,(H,26,27,28)/t15-,17-. The van der Waals surface area contributed by atoms with Crippen molar-refractivity contribution in [3.63, 3.8) is 0 Å². The number of aromatic nitrogens is 2. The smallest absolute Gasteiger partial charge is 0.406 e. The molecule has 0 bridgehead atoms. The van der Waals surface area contributed by atoms with Crippen LogP contribution in [-0.2, 0) is 4.74 Å². The summed E-state index contributed by atoms with van der Waals surface area (Å²) in [4.78, 5) is 11.2. The maximum Gasteiger partial charge on any atom is 0.573 e. The van der Waals surface area contributed by atoms with Crippen LogP contribution in [0.2, 0.25) is 0 Å². The third kappa shape index (κ3) is 6.72. The number of nitrogens with zero attached hydrogens (tertiary/aromatic N) is 3. The van der Waals surface area contributed by atoms with Crippen molar-refractivity contribution in [2.45, 2.75) is 45.0 Å². The van der Waals surface area contributed by atoms with Crippen LogP contribution in [0.5, 0.6) is 5.75 Å². The van der Waals surface area contributed by atoms with Gasteiger partial charge in [0.25, 0.3) is 0 Å². The fraction of sp³-hybridized carbons (Fsp3) is 0.545. The van der Waals surface area contributed by atoms with Gasteiger partial charge in [-0.05, 0) is 49.3 Å². The van der Waals surface area contributed by atoms with E-state index in [1.165, 1.54) is 25.0 Å². The number of likely N-dealkylation sites (N-methyl/N-ethyl adjacent to an activating group) is 1. The number of alkyl halides is 3. The molecule has 0 saturated heterocycles. The van der Waals surface area contributed by atoms with E-state index in [0.29, 0.717) is 36.5 Å². The Kier molecular flexibility index (Phi) is 7.59. The van der Waals surface area contributed by atoms with Crippen LogP contribution >= 0.6 is 0 Å². The van der Waals surface area contributed by atoms with Gasteiger partial charge in [-0.3, -0.25) is 0 Å². The number of hydrogen-bond donors (Lipinski definition) is 1. The van der Waals surface area contributed by atoms with Gasteiger partial charge in [-0.15, -0.1) is 13.2 Å². The first-order valence-corrected chi connectivity index (χ1v) is 10.4. The molecule has 0 amide bonds. The highest BCUT2D eigenvalue weighted by atomic mass is 19.4. The minimum absolute atomic E-state index is 0.267. The van der Waals surface area contributed by atoms with Crippen LogP contribution < -0.4 is 15.0 Å². The maximum atomic E-state index is 12.4. The van der Waals surface area contributed by atoms with Crippen molar-refractivity contribution in [2.24, 2.45) is 5.92 Å². The summed E-state index contributed by atoms with van der Waals surface area (Å²) >= 11 is 0. The molecule has 0 radical (unpaired) electrons. The van der Waals surface area contributed by atoms with Crippen molar-refractivity contribution >= 4 is 11.8 Å². The number of nitrogens with one attached hydrogen (secondary N) is 1. The average molecular weight is 438 g/mol. The minimum Gasteiger partial charge on any atom is -0.406 e. The molecule has 31 heavy (non-hydrogen) atoms. The monoisotopic (exact) mass is 438 g/mol. The van der Waals surface area contributed by atoms with Gasteiger partial charge in [-0.2, -0.15) is 4.98 Å². The molecule has 1 aliphatic carbocycles. The normalized spacial score (nSPS) is 19.2. The highest BCUT2D eigenvalue weighted by Crippen LogP contribution is 2.32. The lowest BCUT2D eigenvalue weighted by Gasteiger charge is -2.27. The van der Waals surface area contributed by atoms with E-state index in [2.05, 4.69) is 22.0 Å². The zero-order valence-electron chi connectivity index (χ0n) is 18.1. The second-order valence-electron chi connectivity index (χ2n) is 8.02. The predicted octanol–water partition coefficient (Wildman–Crippen LogP) is 5.12. The van der Waals surface area contributed by atoms with Crippen molar-refractivity contribution in [3.8, 4) is 16.9 Å². The topological polar surface area (TPSA) is 59.5 Å². The molecule has 1 aliphatic rings. The number of methoxy groups -OCH3 is 1. The van der Waals surface area contributed by atoms with E-state index in [-0.39, 0.29) is 5.75 Å². The molecule has 6 nitrogen and oxygen atoms in total. The number of benzene rings is 1. The Bertz CT molecular complexity index is 838. The number of ether oxygens (including phenoxy) is 2. The van der Waals surface area contributed by atoms with E-state index < -0.39 is 6.36 Å². The molecule has 1 heterocycles. The number of anilines is 2. The van der Waals surface area contributed by atoms with Crippen molar-refractivity contribution < 1.29 is 22.6 Å². The van der Waals surface area contributed by atoms with Crippen molar-refractivity contribution in [2.75, 3.05) is 37.5 Å². The van der Waals surface area contributed by atoms with Gasteiger partial charge in [-0.25, -0.2) is 4.98 Å². The van der Waals surface area contributed by atoms with Crippen molar-refractivity contribution in [3.05, 3.63) is 30.5 Å². The Labute approximate surface area is 180 Å². The summed E-state index contributed by atoms with van der Waals surface area (Å²) < 4.78 is 46.5. The van der Waals surface area contributed by atoms with Gasteiger partial charge < -0.3 is 19.7 Å². The molecule has 1 fully saturated rings. The highest BCUT2D eigenvalue weighted by molar-refractivity contribution is 5.76. The summed E-state index contributed by atoms with van der Waals surface area (Å²) in [7, 11) is 3.53. The molecule has 170 valence electrons. The first-order chi connectivity index (χ1) is 14.7. The molecule has 0 aliphatic heterocycles. The molecule has 1 aromatic heterocycles. The molecule has 2 aromatic rings. The number of halogens is 3. The molecule has 1 N–H and O–H groups in total. The molecule has 0 spiro atoms. The van der Waals surface area contributed by atoms with Gasteiger partial charge in [0.2, 0.25) is 5.95 Å². The molecule has 0 unspecified atom stereocenters. The fourth-order valence-electron chi connectivity index (χ4n) is 3.69. The molecule has 0 atom stereocenters. The van der Waals surface area contributed by atoms with Gasteiger partial charge in [0, 0.05) is 38.5 Å². The Morgan fingerprint density at radius 3 is 2.42 bits per heavy atom. The lowest BCUT2D eigenvalue weighted by molar-refractivity contribution is -0.274. The largest absolute Gasteiger partial charge is 0.573 e. The minimum atomic E-state index is -4.72. The fourth-order valence-corrected chi connectivity index (χ4v) is 3.69. The van der Waals surface area contributed by atoms with Crippen LogP contribution in [0.4, 0.5) is 24.9 Å². The molecular weight excluding hydrogens is 409 g/mol. The van der Waals surface area contributed by atoms with Gasteiger partial charge >= 0.3 is 6.36 Å². The van der Waals surface area contributed by atoms with Gasteiger partial charge in [0.15, 0.2) is 0 Å². The average Bonchev–Trinajstić information content (AvgIpc) is 2.73. The van der Waals surface area contributed by atoms with E-state index in [0.717, 1.165) is 24.3 Å². The second-order valence-corrected chi connectivity index (χ2v) is 8.02. The van der Waals surface area contributed by atoms with E-state index in [4.69, 9.17) is 9.72 Å². The molecule has 1 aromatic carbocycles. The summed E-state index contributed by atoms with van der Waals surface area (Å²) in [6.07, 6.45) is 1.52. The number of rotatable bonds is 8. The molecule has 1 saturated carbocycles. The van der Waals surface area contributed by atoms with E-state index in [9.17, 15) is 13.2 Å². The van der Waals surface area contributed by atoms with Crippen LogP contribution in [0.1, 0.15) is 32.6 Å². The summed E-state index contributed by atoms with van der Waals surface area (Å²) in [5, 5.41) is 3.44. The van der Waals surface area contributed by atoms with Crippen LogP contribution in [0.25, 0.3) is 11.1 Å².